The number of methoxy groups -OCH3 is 1. The molecule has 0 rings (SSSR count). The van der Waals surface area contributed by atoms with Crippen molar-refractivity contribution in [1.82, 2.24) is 0 Å². The van der Waals surface area contributed by atoms with Gasteiger partial charge in [-0.2, -0.15) is 30.7 Å². The number of esters is 1. The molecule has 1 atom stereocenters. The molecule has 2 nitrogen and oxygen atoms in total. The Labute approximate surface area is 115 Å². The molecule has 0 fully saturated rings. The van der Waals surface area contributed by atoms with Gasteiger partial charge in [-0.25, -0.2) is 0 Å². The van der Waals surface area contributed by atoms with E-state index in [-0.39, 0.29) is 5.75 Å². The maximum absolute atomic E-state index is 12.9. The molecule has 0 aromatic rings. The molecule has 0 bridgehead atoms. The number of alkyl halides is 7. The van der Waals surface area contributed by atoms with E-state index in [4.69, 9.17) is 0 Å². The van der Waals surface area contributed by atoms with Crippen molar-refractivity contribution in [1.29, 1.82) is 0 Å². The highest BCUT2D eigenvalue weighted by Crippen LogP contribution is 2.48. The molecule has 0 aromatic heterocycles. The van der Waals surface area contributed by atoms with E-state index < -0.39 is 42.1 Å². The Morgan fingerprint density at radius 3 is 2.05 bits per heavy atom. The van der Waals surface area contributed by atoms with Crippen molar-refractivity contribution in [3.63, 3.8) is 0 Å². The number of ether oxygens (including phenoxy) is 1. The number of hydrogen-bond donors (Lipinski definition) is 0. The zero-order chi connectivity index (χ0) is 16.2. The van der Waals surface area contributed by atoms with Crippen molar-refractivity contribution in [2.45, 2.75) is 43.0 Å². The molecule has 0 aromatic carbocycles. The standard InChI is InChI=1S/C10H13F7O2S/c1-6(7(18)19-2)20-5-3-4-8(11,12)9(13,14)10(15,16)17/h6H,3-5H2,1-2H3. The van der Waals surface area contributed by atoms with Crippen LogP contribution in [0.5, 0.6) is 0 Å². The van der Waals surface area contributed by atoms with Crippen LogP contribution in [0.25, 0.3) is 0 Å². The first kappa shape index (κ1) is 19.3. The second-order valence-electron chi connectivity index (χ2n) is 3.92. The lowest BCUT2D eigenvalue weighted by molar-refractivity contribution is -0.355. The number of carbonyl (C=O) groups excluding carboxylic acids is 1. The molecular formula is C10H13F7O2S. The van der Waals surface area contributed by atoms with Crippen LogP contribution in [0.1, 0.15) is 19.8 Å². The first-order valence-electron chi connectivity index (χ1n) is 5.38. The SMILES string of the molecule is COC(=O)C(C)SCCCC(F)(F)C(F)(F)C(F)(F)F. The lowest BCUT2D eigenvalue weighted by Crippen LogP contribution is -2.51. The monoisotopic (exact) mass is 330 g/mol. The van der Waals surface area contributed by atoms with Gasteiger partial charge in [-0.15, -0.1) is 11.8 Å². The summed E-state index contributed by atoms with van der Waals surface area (Å²) < 4.78 is 90.6. The summed E-state index contributed by atoms with van der Waals surface area (Å²) in [4.78, 5) is 10.9. The third kappa shape index (κ3) is 4.71. The van der Waals surface area contributed by atoms with Gasteiger partial charge in [-0.05, 0) is 19.1 Å². The summed E-state index contributed by atoms with van der Waals surface area (Å²) in [5, 5.41) is -0.711. The first-order chi connectivity index (χ1) is 8.87. The maximum atomic E-state index is 12.9. The summed E-state index contributed by atoms with van der Waals surface area (Å²) in [6.07, 6.45) is -8.52. The number of halogens is 7. The minimum atomic E-state index is -6.30. The predicted molar refractivity (Wildman–Crippen MR) is 59.1 cm³/mol. The normalized spacial score (nSPS) is 15.1. The summed E-state index contributed by atoms with van der Waals surface area (Å²) >= 11 is 0.834. The van der Waals surface area contributed by atoms with E-state index in [1.54, 1.807) is 0 Å². The number of carbonyl (C=O) groups is 1. The quantitative estimate of drug-likeness (QED) is 0.402. The van der Waals surface area contributed by atoms with Gasteiger partial charge < -0.3 is 4.74 Å². The number of rotatable bonds is 7. The average Bonchev–Trinajstić information content (AvgIpc) is 2.31. The van der Waals surface area contributed by atoms with Gasteiger partial charge in [0.2, 0.25) is 0 Å². The molecule has 0 aliphatic carbocycles. The minimum Gasteiger partial charge on any atom is -0.468 e. The fraction of sp³-hybridized carbons (Fsp3) is 0.900. The van der Waals surface area contributed by atoms with Crippen LogP contribution >= 0.6 is 11.8 Å². The second-order valence-corrected chi connectivity index (χ2v) is 5.37. The molecule has 0 amide bonds. The molecular weight excluding hydrogens is 317 g/mol. The van der Waals surface area contributed by atoms with Crippen LogP contribution in [-0.2, 0) is 9.53 Å². The fourth-order valence-electron chi connectivity index (χ4n) is 1.15. The Morgan fingerprint density at radius 2 is 1.65 bits per heavy atom. The van der Waals surface area contributed by atoms with Gasteiger partial charge in [-0.3, -0.25) is 4.79 Å². The van der Waals surface area contributed by atoms with E-state index in [9.17, 15) is 35.5 Å². The zero-order valence-electron chi connectivity index (χ0n) is 10.6. The van der Waals surface area contributed by atoms with Crippen molar-refractivity contribution >= 4 is 17.7 Å². The van der Waals surface area contributed by atoms with Crippen molar-refractivity contribution < 1.29 is 40.3 Å². The number of thioether (sulfide) groups is 1. The van der Waals surface area contributed by atoms with Crippen LogP contribution in [0, 0.1) is 0 Å². The second kappa shape index (κ2) is 6.86. The molecule has 1 unspecified atom stereocenters. The van der Waals surface area contributed by atoms with Gasteiger partial charge in [0.05, 0.1) is 12.4 Å². The van der Waals surface area contributed by atoms with Crippen molar-refractivity contribution in [3.8, 4) is 0 Å². The summed E-state index contributed by atoms with van der Waals surface area (Å²) in [5.74, 6) is -12.1. The third-order valence-electron chi connectivity index (χ3n) is 2.35. The lowest BCUT2D eigenvalue weighted by atomic mass is 10.1. The van der Waals surface area contributed by atoms with Crippen LogP contribution in [0.15, 0.2) is 0 Å². The molecule has 10 heteroatoms. The average molecular weight is 330 g/mol. The van der Waals surface area contributed by atoms with Crippen LogP contribution in [-0.4, -0.2) is 42.1 Å². The van der Waals surface area contributed by atoms with E-state index in [2.05, 4.69) is 4.74 Å². The molecule has 0 saturated heterocycles. The van der Waals surface area contributed by atoms with Crippen LogP contribution in [0.2, 0.25) is 0 Å². The Hall–Kier alpha value is -0.670. The highest BCUT2D eigenvalue weighted by atomic mass is 32.2. The molecule has 120 valence electrons. The summed E-state index contributed by atoms with van der Waals surface area (Å²) in [5.41, 5.74) is 0. The largest absolute Gasteiger partial charge is 0.468 e. The van der Waals surface area contributed by atoms with E-state index in [0.717, 1.165) is 18.9 Å². The molecule has 0 spiro atoms. The van der Waals surface area contributed by atoms with Crippen molar-refractivity contribution in [2.75, 3.05) is 12.9 Å². The van der Waals surface area contributed by atoms with E-state index in [0.29, 0.717) is 0 Å². The minimum absolute atomic E-state index is 0.167. The van der Waals surface area contributed by atoms with Crippen LogP contribution in [0.3, 0.4) is 0 Å². The topological polar surface area (TPSA) is 26.3 Å². The van der Waals surface area contributed by atoms with Gasteiger partial charge in [0.1, 0.15) is 0 Å². The molecule has 0 N–H and O–H groups in total. The van der Waals surface area contributed by atoms with Crippen molar-refractivity contribution in [2.24, 2.45) is 0 Å². The molecule has 20 heavy (non-hydrogen) atoms. The fourth-order valence-corrected chi connectivity index (χ4v) is 2.05. The van der Waals surface area contributed by atoms with E-state index in [1.807, 2.05) is 0 Å². The predicted octanol–water partition coefficient (Wildman–Crippen LogP) is 3.89. The molecule has 0 radical (unpaired) electrons. The van der Waals surface area contributed by atoms with E-state index >= 15 is 0 Å². The zero-order valence-corrected chi connectivity index (χ0v) is 11.4. The summed E-state index contributed by atoms with van der Waals surface area (Å²) in [6.45, 7) is 1.40. The Balaban J connectivity index is 4.35. The smallest absolute Gasteiger partial charge is 0.459 e. The van der Waals surface area contributed by atoms with Crippen LogP contribution < -0.4 is 0 Å². The van der Waals surface area contributed by atoms with E-state index in [1.165, 1.54) is 6.92 Å². The Kier molecular flexibility index (Phi) is 6.63. The van der Waals surface area contributed by atoms with Gasteiger partial charge in [-0.1, -0.05) is 0 Å². The molecule has 0 aliphatic rings. The van der Waals surface area contributed by atoms with Crippen LogP contribution in [0.4, 0.5) is 30.7 Å². The van der Waals surface area contributed by atoms with Crippen molar-refractivity contribution in [3.05, 3.63) is 0 Å². The highest BCUT2D eigenvalue weighted by Gasteiger charge is 2.72. The molecule has 0 heterocycles. The van der Waals surface area contributed by atoms with Gasteiger partial charge in [0.25, 0.3) is 0 Å². The maximum Gasteiger partial charge on any atom is 0.459 e. The highest BCUT2D eigenvalue weighted by molar-refractivity contribution is 8.00. The molecule has 0 aliphatic heterocycles. The third-order valence-corrected chi connectivity index (χ3v) is 3.57. The lowest BCUT2D eigenvalue weighted by Gasteiger charge is -2.28. The van der Waals surface area contributed by atoms with Gasteiger partial charge >= 0.3 is 24.0 Å². The summed E-state index contributed by atoms with van der Waals surface area (Å²) in [7, 11) is 1.11. The summed E-state index contributed by atoms with van der Waals surface area (Å²) in [6, 6.07) is 0. The van der Waals surface area contributed by atoms with Gasteiger partial charge in [0.15, 0.2) is 0 Å². The Morgan fingerprint density at radius 1 is 1.15 bits per heavy atom. The number of hydrogen-bond acceptors (Lipinski definition) is 3. The van der Waals surface area contributed by atoms with Gasteiger partial charge in [0, 0.05) is 6.42 Å². The molecule has 0 saturated carbocycles. The Bertz CT molecular complexity index is 330. The first-order valence-corrected chi connectivity index (χ1v) is 6.43.